The third-order valence-electron chi connectivity index (χ3n) is 3.76. The lowest BCUT2D eigenvalue weighted by molar-refractivity contribution is 0.297. The van der Waals surface area contributed by atoms with Crippen LogP contribution >= 0.6 is 0 Å². The van der Waals surface area contributed by atoms with Gasteiger partial charge in [-0.15, -0.1) is 0 Å². The van der Waals surface area contributed by atoms with Gasteiger partial charge in [0.1, 0.15) is 5.82 Å². The first-order valence-corrected chi connectivity index (χ1v) is 8.44. The van der Waals surface area contributed by atoms with E-state index in [1.54, 1.807) is 7.05 Å². The number of hydrogen-bond donors (Lipinski definition) is 2. The molecule has 1 saturated carbocycles. The monoisotopic (exact) mass is 300 g/mol. The van der Waals surface area contributed by atoms with E-state index in [0.717, 1.165) is 12.5 Å². The third kappa shape index (κ3) is 3.77. The molecule has 0 bridgehead atoms. The SMILES string of the molecule is CNCc1ccc(F)cc1S(=O)(=O)NCCC1CCC1. The van der Waals surface area contributed by atoms with E-state index in [4.69, 9.17) is 0 Å². The van der Waals surface area contributed by atoms with E-state index in [-0.39, 0.29) is 4.90 Å². The molecule has 1 aromatic rings. The fraction of sp³-hybridized carbons (Fsp3) is 0.571. The highest BCUT2D eigenvalue weighted by Crippen LogP contribution is 2.29. The molecule has 1 aliphatic rings. The lowest BCUT2D eigenvalue weighted by Gasteiger charge is -2.25. The largest absolute Gasteiger partial charge is 0.316 e. The van der Waals surface area contributed by atoms with Crippen LogP contribution in [0.1, 0.15) is 31.2 Å². The molecule has 6 heteroatoms. The number of hydrogen-bond acceptors (Lipinski definition) is 3. The maximum Gasteiger partial charge on any atom is 0.240 e. The van der Waals surface area contributed by atoms with Crippen molar-refractivity contribution in [3.05, 3.63) is 29.6 Å². The Morgan fingerprint density at radius 1 is 1.35 bits per heavy atom. The van der Waals surface area contributed by atoms with Crippen LogP contribution in [-0.4, -0.2) is 22.0 Å². The predicted octanol–water partition coefficient (Wildman–Crippen LogP) is 2.01. The average molecular weight is 300 g/mol. The van der Waals surface area contributed by atoms with Gasteiger partial charge in [0.2, 0.25) is 10.0 Å². The minimum absolute atomic E-state index is 0.0282. The first kappa shape index (κ1) is 15.4. The van der Waals surface area contributed by atoms with Crippen molar-refractivity contribution in [2.75, 3.05) is 13.6 Å². The Bertz CT molecular complexity index is 556. The average Bonchev–Trinajstić information content (AvgIpc) is 2.35. The van der Waals surface area contributed by atoms with Gasteiger partial charge in [-0.05, 0) is 37.1 Å². The van der Waals surface area contributed by atoms with Crippen molar-refractivity contribution in [2.45, 2.75) is 37.1 Å². The van der Waals surface area contributed by atoms with Crippen LogP contribution in [0.2, 0.25) is 0 Å². The Balaban J connectivity index is 2.08. The zero-order valence-electron chi connectivity index (χ0n) is 11.7. The standard InChI is InChI=1S/C14H21FN2O2S/c1-16-10-12-5-6-13(15)9-14(12)20(18,19)17-8-7-11-3-2-4-11/h5-6,9,11,16-17H,2-4,7-8,10H2,1H3. The summed E-state index contributed by atoms with van der Waals surface area (Å²) in [6.45, 7) is 0.807. The second-order valence-electron chi connectivity index (χ2n) is 5.27. The first-order valence-electron chi connectivity index (χ1n) is 6.95. The van der Waals surface area contributed by atoms with Crippen molar-refractivity contribution >= 4 is 10.0 Å². The maximum absolute atomic E-state index is 13.3. The maximum atomic E-state index is 13.3. The van der Waals surface area contributed by atoms with Crippen molar-refractivity contribution in [1.29, 1.82) is 0 Å². The van der Waals surface area contributed by atoms with Gasteiger partial charge in [-0.3, -0.25) is 0 Å². The van der Waals surface area contributed by atoms with Crippen molar-refractivity contribution in [3.8, 4) is 0 Å². The number of halogens is 1. The molecule has 2 N–H and O–H groups in total. The zero-order valence-corrected chi connectivity index (χ0v) is 12.5. The first-order chi connectivity index (χ1) is 9.53. The van der Waals surface area contributed by atoms with Crippen LogP contribution in [0.3, 0.4) is 0 Å². The van der Waals surface area contributed by atoms with E-state index in [0.29, 0.717) is 24.6 Å². The highest BCUT2D eigenvalue weighted by atomic mass is 32.2. The van der Waals surface area contributed by atoms with Crippen LogP contribution in [0, 0.1) is 11.7 Å². The van der Waals surface area contributed by atoms with E-state index in [9.17, 15) is 12.8 Å². The molecule has 0 radical (unpaired) electrons. The van der Waals surface area contributed by atoms with Gasteiger partial charge >= 0.3 is 0 Å². The lowest BCUT2D eigenvalue weighted by Crippen LogP contribution is -2.28. The summed E-state index contributed by atoms with van der Waals surface area (Å²) in [5.41, 5.74) is 0.574. The van der Waals surface area contributed by atoms with Gasteiger partial charge < -0.3 is 5.32 Å². The van der Waals surface area contributed by atoms with Crippen LogP contribution < -0.4 is 10.0 Å². The molecule has 0 unspecified atom stereocenters. The number of nitrogens with one attached hydrogen (secondary N) is 2. The molecule has 1 aliphatic carbocycles. The molecule has 0 spiro atoms. The highest BCUT2D eigenvalue weighted by Gasteiger charge is 2.21. The highest BCUT2D eigenvalue weighted by molar-refractivity contribution is 7.89. The summed E-state index contributed by atoms with van der Waals surface area (Å²) in [4.78, 5) is 0.0282. The van der Waals surface area contributed by atoms with Crippen LogP contribution in [0.15, 0.2) is 23.1 Å². The summed E-state index contributed by atoms with van der Waals surface area (Å²) in [6, 6.07) is 3.87. The van der Waals surface area contributed by atoms with Crippen molar-refractivity contribution < 1.29 is 12.8 Å². The predicted molar refractivity (Wildman–Crippen MR) is 76.3 cm³/mol. The Labute approximate surface area is 119 Å². The number of rotatable bonds is 7. The Morgan fingerprint density at radius 2 is 2.10 bits per heavy atom. The van der Waals surface area contributed by atoms with Gasteiger partial charge in [-0.1, -0.05) is 25.3 Å². The second kappa shape index (κ2) is 6.65. The fourth-order valence-corrected chi connectivity index (χ4v) is 3.67. The van der Waals surface area contributed by atoms with Gasteiger partial charge in [-0.25, -0.2) is 17.5 Å². The molecule has 0 heterocycles. The van der Waals surface area contributed by atoms with Crippen LogP contribution in [0.4, 0.5) is 4.39 Å². The van der Waals surface area contributed by atoms with Gasteiger partial charge in [-0.2, -0.15) is 0 Å². The summed E-state index contributed by atoms with van der Waals surface area (Å²) in [5.74, 6) is 0.103. The Hall–Kier alpha value is -0.980. The minimum Gasteiger partial charge on any atom is -0.316 e. The molecule has 20 heavy (non-hydrogen) atoms. The van der Waals surface area contributed by atoms with Gasteiger partial charge in [0.25, 0.3) is 0 Å². The molecule has 1 aromatic carbocycles. The molecular weight excluding hydrogens is 279 g/mol. The van der Waals surface area contributed by atoms with Crippen LogP contribution in [0.5, 0.6) is 0 Å². The van der Waals surface area contributed by atoms with Crippen LogP contribution in [0.25, 0.3) is 0 Å². The quantitative estimate of drug-likeness (QED) is 0.810. The molecule has 0 amide bonds. The van der Waals surface area contributed by atoms with Gasteiger partial charge in [0.15, 0.2) is 0 Å². The molecule has 0 atom stereocenters. The zero-order chi connectivity index (χ0) is 14.6. The summed E-state index contributed by atoms with van der Waals surface area (Å²) in [6.07, 6.45) is 4.48. The molecule has 112 valence electrons. The Kier molecular flexibility index (Phi) is 5.12. The molecule has 0 saturated heterocycles. The van der Waals surface area contributed by atoms with Crippen molar-refractivity contribution in [1.82, 2.24) is 10.0 Å². The summed E-state index contributed by atoms with van der Waals surface area (Å²) in [7, 11) is -1.92. The smallest absolute Gasteiger partial charge is 0.240 e. The molecule has 0 aliphatic heterocycles. The number of sulfonamides is 1. The summed E-state index contributed by atoms with van der Waals surface area (Å²) < 4.78 is 40.4. The van der Waals surface area contributed by atoms with E-state index >= 15 is 0 Å². The lowest BCUT2D eigenvalue weighted by atomic mass is 9.83. The minimum atomic E-state index is -3.65. The van der Waals surface area contributed by atoms with Gasteiger partial charge in [0, 0.05) is 13.1 Å². The number of benzene rings is 1. The van der Waals surface area contributed by atoms with Crippen molar-refractivity contribution in [2.24, 2.45) is 5.92 Å². The molecule has 2 rings (SSSR count). The molecule has 1 fully saturated rings. The van der Waals surface area contributed by atoms with Crippen LogP contribution in [-0.2, 0) is 16.6 Å². The fourth-order valence-electron chi connectivity index (χ4n) is 2.37. The van der Waals surface area contributed by atoms with E-state index < -0.39 is 15.8 Å². The Morgan fingerprint density at radius 3 is 2.70 bits per heavy atom. The van der Waals surface area contributed by atoms with Gasteiger partial charge in [0.05, 0.1) is 4.90 Å². The third-order valence-corrected chi connectivity index (χ3v) is 5.30. The molecule has 4 nitrogen and oxygen atoms in total. The topological polar surface area (TPSA) is 58.2 Å². The molecule has 0 aromatic heterocycles. The van der Waals surface area contributed by atoms with E-state index in [2.05, 4.69) is 10.0 Å². The second-order valence-corrected chi connectivity index (χ2v) is 7.00. The normalized spacial score (nSPS) is 16.1. The molecular formula is C14H21FN2O2S. The van der Waals surface area contributed by atoms with E-state index in [1.165, 1.54) is 31.4 Å². The summed E-state index contributed by atoms with van der Waals surface area (Å²) >= 11 is 0. The summed E-state index contributed by atoms with van der Waals surface area (Å²) in [5, 5.41) is 2.89. The van der Waals surface area contributed by atoms with E-state index in [1.807, 2.05) is 0 Å². The van der Waals surface area contributed by atoms with Crippen molar-refractivity contribution in [3.63, 3.8) is 0 Å².